The van der Waals surface area contributed by atoms with Crippen molar-refractivity contribution in [3.63, 3.8) is 0 Å². The van der Waals surface area contributed by atoms with Crippen LogP contribution in [0.3, 0.4) is 0 Å². The Balaban J connectivity index is 2.08. The van der Waals surface area contributed by atoms with E-state index in [4.69, 9.17) is 0 Å². The molecule has 0 aliphatic rings. The molecule has 1 N–H and O–H groups in total. The number of H-pyrrole nitrogens is 1. The van der Waals surface area contributed by atoms with E-state index in [0.717, 1.165) is 18.7 Å². The van der Waals surface area contributed by atoms with Gasteiger partial charge >= 0.3 is 6.18 Å². The Bertz CT molecular complexity index is 591. The fourth-order valence-corrected chi connectivity index (χ4v) is 1.98. The van der Waals surface area contributed by atoms with E-state index in [0.29, 0.717) is 17.5 Å². The number of aromatic nitrogens is 2. The molecule has 2 rings (SSSR count). The van der Waals surface area contributed by atoms with Crippen molar-refractivity contribution >= 4 is 11.0 Å². The molecular formula is C13H15F4N3. The summed E-state index contributed by atoms with van der Waals surface area (Å²) in [6.45, 7) is 1.35. The van der Waals surface area contributed by atoms with Gasteiger partial charge in [0, 0.05) is 18.1 Å². The maximum Gasteiger partial charge on any atom is 0.403 e. The summed E-state index contributed by atoms with van der Waals surface area (Å²) in [7, 11) is 1.42. The molecule has 1 unspecified atom stereocenters. The minimum atomic E-state index is -4.25. The zero-order valence-electron chi connectivity index (χ0n) is 11.1. The molecule has 0 spiro atoms. The Labute approximate surface area is 113 Å². The van der Waals surface area contributed by atoms with Gasteiger partial charge in [0.1, 0.15) is 17.5 Å². The van der Waals surface area contributed by atoms with E-state index < -0.39 is 18.0 Å². The van der Waals surface area contributed by atoms with Gasteiger partial charge in [-0.3, -0.25) is 4.90 Å². The summed E-state index contributed by atoms with van der Waals surface area (Å²) >= 11 is 0. The molecule has 2 heterocycles. The summed E-state index contributed by atoms with van der Waals surface area (Å²) in [5.74, 6) is -0.463. The molecule has 0 aliphatic heterocycles. The topological polar surface area (TPSA) is 31.9 Å². The quantitative estimate of drug-likeness (QED) is 0.877. The van der Waals surface area contributed by atoms with E-state index in [1.54, 1.807) is 6.20 Å². The Morgan fingerprint density at radius 3 is 2.75 bits per heavy atom. The van der Waals surface area contributed by atoms with E-state index in [1.165, 1.54) is 18.0 Å². The van der Waals surface area contributed by atoms with Crippen LogP contribution in [0.2, 0.25) is 0 Å². The molecule has 0 amide bonds. The largest absolute Gasteiger partial charge is 0.403 e. The molecule has 2 aromatic heterocycles. The van der Waals surface area contributed by atoms with Crippen LogP contribution in [-0.2, 0) is 6.42 Å². The minimum Gasteiger partial charge on any atom is -0.346 e. The van der Waals surface area contributed by atoms with Crippen molar-refractivity contribution in [1.82, 2.24) is 14.9 Å². The van der Waals surface area contributed by atoms with Crippen LogP contribution in [-0.4, -0.2) is 40.7 Å². The van der Waals surface area contributed by atoms with Crippen molar-refractivity contribution in [2.75, 3.05) is 13.6 Å². The van der Waals surface area contributed by atoms with Gasteiger partial charge in [0.05, 0.1) is 6.20 Å². The van der Waals surface area contributed by atoms with Crippen LogP contribution in [0.4, 0.5) is 17.6 Å². The van der Waals surface area contributed by atoms with Crippen molar-refractivity contribution in [3.05, 3.63) is 29.8 Å². The standard InChI is InChI=1S/C13H15F4N3/c1-8(13(15,16)17)20(2)4-3-9-6-18-12-11(9)5-10(14)7-19-12/h5-8H,3-4H2,1-2H3,(H,18,19). The molecule has 3 nitrogen and oxygen atoms in total. The number of hydrogen-bond acceptors (Lipinski definition) is 2. The molecule has 7 heteroatoms. The highest BCUT2D eigenvalue weighted by atomic mass is 19.4. The summed E-state index contributed by atoms with van der Waals surface area (Å²) in [4.78, 5) is 7.99. The predicted molar refractivity (Wildman–Crippen MR) is 67.9 cm³/mol. The van der Waals surface area contributed by atoms with Crippen LogP contribution in [0.25, 0.3) is 11.0 Å². The summed E-state index contributed by atoms with van der Waals surface area (Å²) in [6.07, 6.45) is -1.10. The normalized spacial score (nSPS) is 14.2. The SMILES string of the molecule is CC(N(C)CCc1c[nH]c2ncc(F)cc12)C(F)(F)F. The molecular weight excluding hydrogens is 274 g/mol. The molecule has 20 heavy (non-hydrogen) atoms. The van der Waals surface area contributed by atoms with Gasteiger partial charge in [-0.05, 0) is 32.0 Å². The molecule has 2 aromatic rings. The highest BCUT2D eigenvalue weighted by Crippen LogP contribution is 2.24. The van der Waals surface area contributed by atoms with Crippen molar-refractivity contribution in [2.24, 2.45) is 0 Å². The highest BCUT2D eigenvalue weighted by molar-refractivity contribution is 5.79. The number of pyridine rings is 1. The smallest absolute Gasteiger partial charge is 0.346 e. The number of hydrogen-bond donors (Lipinski definition) is 1. The van der Waals surface area contributed by atoms with Gasteiger partial charge in [-0.1, -0.05) is 0 Å². The van der Waals surface area contributed by atoms with Crippen LogP contribution in [0.1, 0.15) is 12.5 Å². The van der Waals surface area contributed by atoms with Gasteiger partial charge in [0.15, 0.2) is 0 Å². The van der Waals surface area contributed by atoms with Crippen LogP contribution >= 0.6 is 0 Å². The number of nitrogens with one attached hydrogen (secondary N) is 1. The summed E-state index contributed by atoms with van der Waals surface area (Å²) in [5, 5.41) is 0.609. The predicted octanol–water partition coefficient (Wildman–Crippen LogP) is 3.13. The van der Waals surface area contributed by atoms with Crippen LogP contribution in [0.15, 0.2) is 18.5 Å². The van der Waals surface area contributed by atoms with E-state index in [1.807, 2.05) is 0 Å². The van der Waals surface area contributed by atoms with E-state index >= 15 is 0 Å². The van der Waals surface area contributed by atoms with Gasteiger partial charge in [-0.25, -0.2) is 9.37 Å². The monoisotopic (exact) mass is 289 g/mol. The zero-order chi connectivity index (χ0) is 14.9. The number of alkyl halides is 3. The van der Waals surface area contributed by atoms with Crippen molar-refractivity contribution < 1.29 is 17.6 Å². The van der Waals surface area contributed by atoms with Gasteiger partial charge in [0.25, 0.3) is 0 Å². The van der Waals surface area contributed by atoms with Crippen molar-refractivity contribution in [2.45, 2.75) is 25.6 Å². The first kappa shape index (κ1) is 14.8. The summed E-state index contributed by atoms with van der Waals surface area (Å²) in [5.41, 5.74) is 1.29. The molecule has 110 valence electrons. The highest BCUT2D eigenvalue weighted by Gasteiger charge is 2.38. The number of halogens is 4. The van der Waals surface area contributed by atoms with Crippen molar-refractivity contribution in [1.29, 1.82) is 0 Å². The van der Waals surface area contributed by atoms with Gasteiger partial charge in [-0.15, -0.1) is 0 Å². The van der Waals surface area contributed by atoms with E-state index in [-0.39, 0.29) is 6.54 Å². The maximum absolute atomic E-state index is 13.1. The lowest BCUT2D eigenvalue weighted by Crippen LogP contribution is -2.42. The average Bonchev–Trinajstić information content (AvgIpc) is 2.76. The van der Waals surface area contributed by atoms with Gasteiger partial charge in [0.2, 0.25) is 0 Å². The first-order chi connectivity index (χ1) is 9.29. The average molecular weight is 289 g/mol. The van der Waals surface area contributed by atoms with Crippen LogP contribution in [0.5, 0.6) is 0 Å². The number of rotatable bonds is 4. The molecule has 0 bridgehead atoms. The first-order valence-electron chi connectivity index (χ1n) is 6.17. The van der Waals surface area contributed by atoms with E-state index in [2.05, 4.69) is 9.97 Å². The van der Waals surface area contributed by atoms with Gasteiger partial charge < -0.3 is 4.98 Å². The number of nitrogens with zero attached hydrogens (tertiary/aromatic N) is 2. The third-order valence-electron chi connectivity index (χ3n) is 3.45. The van der Waals surface area contributed by atoms with Crippen LogP contribution in [0, 0.1) is 5.82 Å². The lowest BCUT2D eigenvalue weighted by Gasteiger charge is -2.26. The molecule has 0 saturated heterocycles. The lowest BCUT2D eigenvalue weighted by molar-refractivity contribution is -0.175. The third kappa shape index (κ3) is 3.09. The maximum atomic E-state index is 13.1. The third-order valence-corrected chi connectivity index (χ3v) is 3.45. The molecule has 0 radical (unpaired) electrons. The van der Waals surface area contributed by atoms with E-state index in [9.17, 15) is 17.6 Å². The minimum absolute atomic E-state index is 0.226. The number of fused-ring (bicyclic) bond motifs is 1. The van der Waals surface area contributed by atoms with Crippen molar-refractivity contribution in [3.8, 4) is 0 Å². The fourth-order valence-electron chi connectivity index (χ4n) is 1.98. The first-order valence-corrected chi connectivity index (χ1v) is 6.17. The second kappa shape index (κ2) is 5.40. The summed E-state index contributed by atoms with van der Waals surface area (Å²) < 4.78 is 50.8. The number of aromatic amines is 1. The molecule has 0 saturated carbocycles. The Hall–Kier alpha value is -1.63. The van der Waals surface area contributed by atoms with Crippen LogP contribution < -0.4 is 0 Å². The Morgan fingerprint density at radius 1 is 1.40 bits per heavy atom. The second-order valence-corrected chi connectivity index (χ2v) is 4.81. The summed E-state index contributed by atoms with van der Waals surface area (Å²) in [6, 6.07) is -0.177. The molecule has 0 fully saturated rings. The second-order valence-electron chi connectivity index (χ2n) is 4.81. The lowest BCUT2D eigenvalue weighted by atomic mass is 10.1. The number of likely N-dealkylation sites (N-methyl/N-ethyl adjacent to an activating group) is 1. The fraction of sp³-hybridized carbons (Fsp3) is 0.462. The molecule has 1 atom stereocenters. The molecule has 0 aliphatic carbocycles. The Morgan fingerprint density at radius 2 is 2.10 bits per heavy atom. The molecule has 0 aromatic carbocycles. The zero-order valence-corrected chi connectivity index (χ0v) is 11.1. The Kier molecular flexibility index (Phi) is 3.99. The van der Waals surface area contributed by atoms with Gasteiger partial charge in [-0.2, -0.15) is 13.2 Å².